The van der Waals surface area contributed by atoms with Crippen LogP contribution in [0.4, 0.5) is 0 Å². The Bertz CT molecular complexity index is 275. The normalized spacial score (nSPS) is 27.9. The minimum absolute atomic E-state index is 0.687. The van der Waals surface area contributed by atoms with Crippen molar-refractivity contribution < 1.29 is 19.7 Å². The number of allylic oxidation sites excluding steroid dienone is 1. The van der Waals surface area contributed by atoms with Gasteiger partial charge in [0.25, 0.3) is 0 Å². The molecule has 0 saturated carbocycles. The molecule has 4 heteroatoms. The Balaban J connectivity index is 2.08. The summed E-state index contributed by atoms with van der Waals surface area (Å²) in [6.07, 6.45) is 8.74. The van der Waals surface area contributed by atoms with E-state index >= 15 is 0 Å². The highest BCUT2D eigenvalue weighted by Gasteiger charge is 2.40. The third-order valence-electron chi connectivity index (χ3n) is 3.20. The Morgan fingerprint density at radius 3 is 2.44 bits per heavy atom. The minimum atomic E-state index is -1.39. The Labute approximate surface area is 109 Å². The fourth-order valence-corrected chi connectivity index (χ4v) is 2.02. The van der Waals surface area contributed by atoms with Gasteiger partial charge in [0.05, 0.1) is 0 Å². The van der Waals surface area contributed by atoms with Gasteiger partial charge in [0.2, 0.25) is 0 Å². The van der Waals surface area contributed by atoms with E-state index in [-0.39, 0.29) is 0 Å². The van der Waals surface area contributed by atoms with Crippen LogP contribution in [0.5, 0.6) is 0 Å². The van der Waals surface area contributed by atoms with Crippen molar-refractivity contribution in [1.82, 2.24) is 0 Å². The number of ether oxygens (including phenoxy) is 1. The Kier molecular flexibility index (Phi) is 6.98. The number of unbranched alkanes of at least 4 members (excludes halogenated alkanes) is 6. The van der Waals surface area contributed by atoms with Crippen LogP contribution in [0.2, 0.25) is 0 Å². The summed E-state index contributed by atoms with van der Waals surface area (Å²) < 4.78 is 4.82. The van der Waals surface area contributed by atoms with E-state index in [0.717, 1.165) is 12.8 Å². The topological polar surface area (TPSA) is 66.8 Å². The zero-order valence-electron chi connectivity index (χ0n) is 11.0. The number of carbonyl (C=O) groups is 1. The van der Waals surface area contributed by atoms with Crippen molar-refractivity contribution >= 4 is 5.97 Å². The molecule has 0 radical (unpaired) electrons. The van der Waals surface area contributed by atoms with Gasteiger partial charge >= 0.3 is 5.97 Å². The number of rotatable bonds is 8. The smallest absolute Gasteiger partial charge is 0.338 e. The van der Waals surface area contributed by atoms with Gasteiger partial charge in [0, 0.05) is 0 Å². The molecule has 0 amide bonds. The van der Waals surface area contributed by atoms with Gasteiger partial charge in [-0.3, -0.25) is 0 Å². The SMILES string of the molecule is CCCCCCCCC=C[C@@H]1OC(=O)[C@@H](O)[C@@H]1O. The molecule has 1 aliphatic heterocycles. The minimum Gasteiger partial charge on any atom is -0.453 e. The van der Waals surface area contributed by atoms with Crippen molar-refractivity contribution in [3.63, 3.8) is 0 Å². The van der Waals surface area contributed by atoms with Crippen LogP contribution < -0.4 is 0 Å². The number of cyclic esters (lactones) is 1. The molecule has 3 atom stereocenters. The maximum Gasteiger partial charge on any atom is 0.338 e. The lowest BCUT2D eigenvalue weighted by Crippen LogP contribution is -2.29. The van der Waals surface area contributed by atoms with Gasteiger partial charge in [-0.25, -0.2) is 4.79 Å². The summed E-state index contributed by atoms with van der Waals surface area (Å²) in [4.78, 5) is 11.0. The van der Waals surface area contributed by atoms with Crippen molar-refractivity contribution in [2.45, 2.75) is 70.2 Å². The van der Waals surface area contributed by atoms with Gasteiger partial charge in [0.15, 0.2) is 6.10 Å². The lowest BCUT2D eigenvalue weighted by atomic mass is 10.1. The molecule has 1 heterocycles. The maximum atomic E-state index is 11.0. The zero-order chi connectivity index (χ0) is 13.4. The number of carbonyl (C=O) groups excluding carboxylic acids is 1. The van der Waals surface area contributed by atoms with E-state index in [4.69, 9.17) is 4.74 Å². The fourth-order valence-electron chi connectivity index (χ4n) is 2.02. The molecule has 18 heavy (non-hydrogen) atoms. The van der Waals surface area contributed by atoms with Crippen molar-refractivity contribution in [2.24, 2.45) is 0 Å². The summed E-state index contributed by atoms with van der Waals surface area (Å²) in [5.74, 6) is -0.739. The van der Waals surface area contributed by atoms with Crippen LogP contribution in [0.1, 0.15) is 51.9 Å². The highest BCUT2D eigenvalue weighted by molar-refractivity contribution is 5.78. The predicted molar refractivity (Wildman–Crippen MR) is 69.0 cm³/mol. The second kappa shape index (κ2) is 8.27. The van der Waals surface area contributed by atoms with Gasteiger partial charge in [0.1, 0.15) is 12.2 Å². The third kappa shape index (κ3) is 4.78. The molecule has 0 aliphatic carbocycles. The molecular formula is C14H24O4. The molecular weight excluding hydrogens is 232 g/mol. The highest BCUT2D eigenvalue weighted by atomic mass is 16.6. The molecule has 4 nitrogen and oxygen atoms in total. The number of aliphatic hydroxyl groups is 2. The predicted octanol–water partition coefficient (Wildman–Crippen LogP) is 1.94. The highest BCUT2D eigenvalue weighted by Crippen LogP contribution is 2.17. The Morgan fingerprint density at radius 2 is 1.83 bits per heavy atom. The van der Waals surface area contributed by atoms with E-state index in [1.807, 2.05) is 6.08 Å². The van der Waals surface area contributed by atoms with Crippen LogP contribution in [-0.2, 0) is 9.53 Å². The molecule has 1 saturated heterocycles. The summed E-state index contributed by atoms with van der Waals surface area (Å²) in [5, 5.41) is 18.7. The van der Waals surface area contributed by atoms with E-state index in [0.29, 0.717) is 0 Å². The van der Waals surface area contributed by atoms with Gasteiger partial charge in [-0.2, -0.15) is 0 Å². The first kappa shape index (κ1) is 15.2. The second-order valence-electron chi connectivity index (χ2n) is 4.82. The molecule has 0 spiro atoms. The molecule has 2 N–H and O–H groups in total. The first-order valence-corrected chi connectivity index (χ1v) is 6.90. The average Bonchev–Trinajstić information content (AvgIpc) is 2.60. The van der Waals surface area contributed by atoms with Gasteiger partial charge in [-0.1, -0.05) is 45.1 Å². The van der Waals surface area contributed by atoms with E-state index in [2.05, 4.69) is 6.92 Å². The quantitative estimate of drug-likeness (QED) is 0.396. The molecule has 0 unspecified atom stereocenters. The van der Waals surface area contributed by atoms with Crippen LogP contribution in [0.3, 0.4) is 0 Å². The van der Waals surface area contributed by atoms with E-state index < -0.39 is 24.3 Å². The van der Waals surface area contributed by atoms with E-state index in [1.165, 1.54) is 32.1 Å². The fraction of sp³-hybridized carbons (Fsp3) is 0.786. The average molecular weight is 256 g/mol. The summed E-state index contributed by atoms with van der Waals surface area (Å²) in [7, 11) is 0. The molecule has 0 aromatic carbocycles. The standard InChI is InChI=1S/C14H24O4/c1-2-3-4-5-6-7-8-9-10-11-12(15)13(16)14(17)18-11/h9-13,15-16H,2-8H2,1H3/t11-,12+,13-/m0/s1. The van der Waals surface area contributed by atoms with Crippen molar-refractivity contribution in [2.75, 3.05) is 0 Å². The number of aliphatic hydroxyl groups excluding tert-OH is 2. The summed E-state index contributed by atoms with van der Waals surface area (Å²) >= 11 is 0. The molecule has 0 aromatic heterocycles. The van der Waals surface area contributed by atoms with Crippen LogP contribution in [-0.4, -0.2) is 34.5 Å². The van der Waals surface area contributed by atoms with Crippen LogP contribution in [0.15, 0.2) is 12.2 Å². The number of esters is 1. The van der Waals surface area contributed by atoms with E-state index in [9.17, 15) is 15.0 Å². The lowest BCUT2D eigenvalue weighted by Gasteiger charge is -2.08. The second-order valence-corrected chi connectivity index (χ2v) is 4.82. The van der Waals surface area contributed by atoms with Gasteiger partial charge < -0.3 is 14.9 Å². The molecule has 1 fully saturated rings. The lowest BCUT2D eigenvalue weighted by molar-refractivity contribution is -0.146. The van der Waals surface area contributed by atoms with E-state index in [1.54, 1.807) is 6.08 Å². The van der Waals surface area contributed by atoms with Crippen molar-refractivity contribution in [1.29, 1.82) is 0 Å². The molecule has 1 aliphatic rings. The van der Waals surface area contributed by atoms with Gasteiger partial charge in [-0.05, 0) is 18.9 Å². The van der Waals surface area contributed by atoms with Crippen molar-refractivity contribution in [3.8, 4) is 0 Å². The Hall–Kier alpha value is -0.870. The molecule has 1 rings (SSSR count). The molecule has 0 aromatic rings. The summed E-state index contributed by atoms with van der Waals surface area (Å²) in [6, 6.07) is 0. The molecule has 104 valence electrons. The third-order valence-corrected chi connectivity index (χ3v) is 3.20. The number of hydrogen-bond donors (Lipinski definition) is 2. The Morgan fingerprint density at radius 1 is 1.17 bits per heavy atom. The van der Waals surface area contributed by atoms with Crippen LogP contribution >= 0.6 is 0 Å². The number of hydrogen-bond acceptors (Lipinski definition) is 4. The largest absolute Gasteiger partial charge is 0.453 e. The van der Waals surface area contributed by atoms with Gasteiger partial charge in [-0.15, -0.1) is 0 Å². The monoisotopic (exact) mass is 256 g/mol. The zero-order valence-corrected chi connectivity index (χ0v) is 11.0. The molecule has 0 bridgehead atoms. The summed E-state index contributed by atoms with van der Waals surface area (Å²) in [6.45, 7) is 2.20. The summed E-state index contributed by atoms with van der Waals surface area (Å²) in [5.41, 5.74) is 0. The van der Waals surface area contributed by atoms with Crippen LogP contribution in [0.25, 0.3) is 0 Å². The first-order chi connectivity index (χ1) is 8.66. The van der Waals surface area contributed by atoms with Crippen LogP contribution in [0, 0.1) is 0 Å². The first-order valence-electron chi connectivity index (χ1n) is 6.90. The van der Waals surface area contributed by atoms with Crippen molar-refractivity contribution in [3.05, 3.63) is 12.2 Å². The maximum absolute atomic E-state index is 11.0.